The Hall–Kier alpha value is -3.42. The molecule has 0 saturated heterocycles. The molecule has 33 heavy (non-hydrogen) atoms. The molecule has 0 atom stereocenters. The fourth-order valence-corrected chi connectivity index (χ4v) is 4.44. The smallest absolute Gasteiger partial charge is 0.266 e. The third-order valence-corrected chi connectivity index (χ3v) is 6.41. The molecule has 0 N–H and O–H groups in total. The first-order valence-corrected chi connectivity index (χ1v) is 11.8. The Morgan fingerprint density at radius 3 is 2.48 bits per heavy atom. The van der Waals surface area contributed by atoms with Crippen molar-refractivity contribution in [2.24, 2.45) is 0 Å². The van der Waals surface area contributed by atoms with E-state index in [1.807, 2.05) is 54.6 Å². The number of hydrogen-bond donors (Lipinski definition) is 0. The number of nitrogens with zero attached hydrogens (tertiary/aromatic N) is 4. The summed E-state index contributed by atoms with van der Waals surface area (Å²) in [5, 5.41) is 10.1. The van der Waals surface area contributed by atoms with Gasteiger partial charge in [0.05, 0.1) is 22.3 Å². The summed E-state index contributed by atoms with van der Waals surface area (Å²) in [6.07, 6.45) is 0.930. The van der Waals surface area contributed by atoms with Crippen LogP contribution in [0.15, 0.2) is 87.2 Å². The highest BCUT2D eigenvalue weighted by atomic mass is 35.5. The molecule has 6 nitrogen and oxygen atoms in total. The van der Waals surface area contributed by atoms with Crippen LogP contribution < -0.4 is 5.56 Å². The molecule has 2 aromatic heterocycles. The van der Waals surface area contributed by atoms with Crippen LogP contribution in [0.5, 0.6) is 0 Å². The minimum atomic E-state index is -0.111. The van der Waals surface area contributed by atoms with Gasteiger partial charge in [-0.25, -0.2) is 4.98 Å². The summed E-state index contributed by atoms with van der Waals surface area (Å²) in [6.45, 7) is 2.10. The lowest BCUT2D eigenvalue weighted by molar-refractivity contribution is 0.528. The first kappa shape index (κ1) is 21.4. The van der Waals surface area contributed by atoms with Gasteiger partial charge in [-0.05, 0) is 60.5 Å². The maximum Gasteiger partial charge on any atom is 0.266 e. The highest BCUT2D eigenvalue weighted by molar-refractivity contribution is 7.98. The zero-order chi connectivity index (χ0) is 22.8. The molecule has 0 aliphatic heterocycles. The number of aromatic nitrogens is 4. The van der Waals surface area contributed by atoms with Crippen molar-refractivity contribution >= 4 is 34.3 Å². The molecule has 0 fully saturated rings. The van der Waals surface area contributed by atoms with Gasteiger partial charge in [-0.15, -0.1) is 10.2 Å². The third-order valence-electron chi connectivity index (χ3n) is 5.23. The van der Waals surface area contributed by atoms with Gasteiger partial charge in [-0.3, -0.25) is 9.36 Å². The number of fused-ring (bicyclic) bond motifs is 1. The van der Waals surface area contributed by atoms with Crippen molar-refractivity contribution in [2.45, 2.75) is 24.3 Å². The molecule has 0 unspecified atom stereocenters. The minimum Gasteiger partial charge on any atom is -0.420 e. The lowest BCUT2D eigenvalue weighted by atomic mass is 10.1. The van der Waals surface area contributed by atoms with Crippen LogP contribution in [-0.2, 0) is 12.2 Å². The summed E-state index contributed by atoms with van der Waals surface area (Å²) in [6, 6.07) is 22.5. The van der Waals surface area contributed by atoms with E-state index in [0.717, 1.165) is 17.7 Å². The lowest BCUT2D eigenvalue weighted by Gasteiger charge is -2.13. The van der Waals surface area contributed by atoms with E-state index in [-0.39, 0.29) is 5.56 Å². The van der Waals surface area contributed by atoms with Gasteiger partial charge < -0.3 is 4.42 Å². The predicted octanol–water partition coefficient (Wildman–Crippen LogP) is 5.94. The van der Waals surface area contributed by atoms with Crippen LogP contribution in [0.4, 0.5) is 0 Å². The van der Waals surface area contributed by atoms with E-state index in [1.54, 1.807) is 22.8 Å². The molecule has 2 heterocycles. The molecule has 0 aliphatic rings. The molecule has 0 aliphatic carbocycles. The van der Waals surface area contributed by atoms with Crippen LogP contribution in [0.1, 0.15) is 18.4 Å². The fourth-order valence-electron chi connectivity index (χ4n) is 3.46. The second-order valence-corrected chi connectivity index (χ2v) is 8.75. The summed E-state index contributed by atoms with van der Waals surface area (Å²) < 4.78 is 7.47. The van der Waals surface area contributed by atoms with Crippen LogP contribution in [0.25, 0.3) is 28.0 Å². The van der Waals surface area contributed by atoms with Crippen molar-refractivity contribution in [1.29, 1.82) is 0 Å². The molecule has 0 amide bonds. The second kappa shape index (κ2) is 9.21. The van der Waals surface area contributed by atoms with E-state index in [2.05, 4.69) is 17.1 Å². The molecule has 0 radical (unpaired) electrons. The van der Waals surface area contributed by atoms with Crippen molar-refractivity contribution in [1.82, 2.24) is 19.7 Å². The molecular weight excluding hydrogens is 456 g/mol. The molecule has 8 heteroatoms. The maximum atomic E-state index is 13.4. The Bertz CT molecular complexity index is 1480. The molecule has 3 aromatic carbocycles. The molecule has 5 rings (SSSR count). The van der Waals surface area contributed by atoms with Crippen LogP contribution in [0, 0.1) is 0 Å². The summed E-state index contributed by atoms with van der Waals surface area (Å²) in [7, 11) is 0. The van der Waals surface area contributed by atoms with Crippen molar-refractivity contribution in [3.05, 3.63) is 99.6 Å². The van der Waals surface area contributed by atoms with E-state index in [0.29, 0.717) is 38.6 Å². The van der Waals surface area contributed by atoms with Crippen molar-refractivity contribution in [3.8, 4) is 17.1 Å². The normalized spacial score (nSPS) is 11.2. The standard InChI is InChI=1S/C25H19ClN4O2S/c1-2-16-7-13-19(14-8-16)30-24(31)20-5-3-4-6-21(20)27-25(30)33-15-22-28-29-23(32-22)17-9-11-18(26)12-10-17/h3-14H,2,15H2,1H3. The highest BCUT2D eigenvalue weighted by Crippen LogP contribution is 2.26. The first-order valence-electron chi connectivity index (χ1n) is 10.4. The topological polar surface area (TPSA) is 73.8 Å². The number of para-hydroxylation sites is 1. The minimum absolute atomic E-state index is 0.111. The number of rotatable bonds is 6. The first-order chi connectivity index (χ1) is 16.1. The number of benzene rings is 3. The van der Waals surface area contributed by atoms with Gasteiger partial charge in [0, 0.05) is 10.6 Å². The van der Waals surface area contributed by atoms with Gasteiger partial charge in [0.15, 0.2) is 5.16 Å². The average Bonchev–Trinajstić information content (AvgIpc) is 3.32. The Balaban J connectivity index is 1.49. The summed E-state index contributed by atoms with van der Waals surface area (Å²) >= 11 is 7.33. The Kier molecular flexibility index (Phi) is 5.98. The van der Waals surface area contributed by atoms with Crippen LogP contribution in [0.3, 0.4) is 0 Å². The van der Waals surface area contributed by atoms with E-state index >= 15 is 0 Å². The van der Waals surface area contributed by atoms with Crippen molar-refractivity contribution in [3.63, 3.8) is 0 Å². The van der Waals surface area contributed by atoms with Crippen molar-refractivity contribution in [2.75, 3.05) is 0 Å². The second-order valence-electron chi connectivity index (χ2n) is 7.37. The van der Waals surface area contributed by atoms with E-state index < -0.39 is 0 Å². The van der Waals surface area contributed by atoms with E-state index in [1.165, 1.54) is 17.3 Å². The number of halogens is 1. The summed E-state index contributed by atoms with van der Waals surface area (Å²) in [5.74, 6) is 1.24. The van der Waals surface area contributed by atoms with Gasteiger partial charge in [0.25, 0.3) is 5.56 Å². The maximum absolute atomic E-state index is 13.4. The average molecular weight is 475 g/mol. The van der Waals surface area contributed by atoms with Crippen molar-refractivity contribution < 1.29 is 4.42 Å². The number of thioether (sulfide) groups is 1. The van der Waals surface area contributed by atoms with Gasteiger partial charge in [-0.2, -0.15) is 0 Å². The Morgan fingerprint density at radius 1 is 0.970 bits per heavy atom. The molecule has 0 saturated carbocycles. The Morgan fingerprint density at radius 2 is 1.73 bits per heavy atom. The van der Waals surface area contributed by atoms with Gasteiger partial charge >= 0.3 is 0 Å². The van der Waals surface area contributed by atoms with Gasteiger partial charge in [0.1, 0.15) is 0 Å². The third kappa shape index (κ3) is 4.42. The highest BCUT2D eigenvalue weighted by Gasteiger charge is 2.16. The fraction of sp³-hybridized carbons (Fsp3) is 0.120. The quantitative estimate of drug-likeness (QED) is 0.224. The zero-order valence-corrected chi connectivity index (χ0v) is 19.3. The molecule has 0 spiro atoms. The zero-order valence-electron chi connectivity index (χ0n) is 17.7. The monoisotopic (exact) mass is 474 g/mol. The molecule has 0 bridgehead atoms. The van der Waals surface area contributed by atoms with Crippen LogP contribution in [-0.4, -0.2) is 19.7 Å². The van der Waals surface area contributed by atoms with E-state index in [4.69, 9.17) is 21.0 Å². The number of hydrogen-bond acceptors (Lipinski definition) is 6. The summed E-state index contributed by atoms with van der Waals surface area (Å²) in [5.41, 5.74) is 3.30. The molecule has 5 aromatic rings. The summed E-state index contributed by atoms with van der Waals surface area (Å²) in [4.78, 5) is 18.1. The van der Waals surface area contributed by atoms with Crippen LogP contribution >= 0.6 is 23.4 Å². The molecular formula is C25H19ClN4O2S. The van der Waals surface area contributed by atoms with E-state index in [9.17, 15) is 4.79 Å². The van der Waals surface area contributed by atoms with Gasteiger partial charge in [0.2, 0.25) is 11.8 Å². The van der Waals surface area contributed by atoms with Crippen LogP contribution in [0.2, 0.25) is 5.02 Å². The SMILES string of the molecule is CCc1ccc(-n2c(SCc3nnc(-c4ccc(Cl)cc4)o3)nc3ccccc3c2=O)cc1. The Labute approximate surface area is 199 Å². The molecule has 164 valence electrons. The number of aryl methyl sites for hydroxylation is 1. The van der Waals surface area contributed by atoms with Gasteiger partial charge in [-0.1, -0.05) is 54.6 Å². The lowest BCUT2D eigenvalue weighted by Crippen LogP contribution is -2.21. The predicted molar refractivity (Wildman–Crippen MR) is 131 cm³/mol. The largest absolute Gasteiger partial charge is 0.420 e.